The number of aromatic nitrogens is 1. The maximum absolute atomic E-state index is 12.2. The number of rotatable bonds is 5. The number of fused-ring (bicyclic) bond motifs is 1. The number of carbonyl (C=O) groups is 2. The average molecular weight is 419 g/mol. The minimum atomic E-state index is -0.524. The van der Waals surface area contributed by atoms with Gasteiger partial charge in [-0.2, -0.15) is 0 Å². The molecule has 1 aliphatic heterocycles. The van der Waals surface area contributed by atoms with Crippen LogP contribution < -0.4 is 16.0 Å². The Balaban J connectivity index is 1.93. The molecule has 1 aromatic heterocycles. The van der Waals surface area contributed by atoms with E-state index in [0.29, 0.717) is 16.8 Å². The van der Waals surface area contributed by atoms with Crippen LogP contribution in [-0.4, -0.2) is 22.7 Å². The van der Waals surface area contributed by atoms with Gasteiger partial charge in [-0.15, -0.1) is 11.8 Å². The lowest BCUT2D eigenvalue weighted by Crippen LogP contribution is -2.13. The molecule has 0 radical (unpaired) electrons. The second kappa shape index (κ2) is 8.12. The van der Waals surface area contributed by atoms with Crippen molar-refractivity contribution in [3.63, 3.8) is 0 Å². The van der Waals surface area contributed by atoms with Gasteiger partial charge < -0.3 is 20.9 Å². The lowest BCUT2D eigenvalue weighted by atomic mass is 9.94. The molecule has 4 rings (SSSR count). The summed E-state index contributed by atoms with van der Waals surface area (Å²) in [7, 11) is 0. The van der Waals surface area contributed by atoms with Crippen LogP contribution in [0.15, 0.2) is 60.3 Å². The third-order valence-electron chi connectivity index (χ3n) is 5.13. The number of carbonyl (C=O) groups excluding carboxylic acids is 2. The van der Waals surface area contributed by atoms with E-state index in [-0.39, 0.29) is 5.91 Å². The molecule has 2 heterocycles. The SMILES string of the molecule is C/C=C/C(=O)Nc1c[nH]c2c(C(N)=O)ccc(-c3cccc(N4C=CSC4)c3C)c12. The number of nitrogens with two attached hydrogens (primary N) is 1. The highest BCUT2D eigenvalue weighted by Gasteiger charge is 2.20. The summed E-state index contributed by atoms with van der Waals surface area (Å²) in [5.41, 5.74) is 11.4. The standard InChI is InChI=1S/C23H22N4O2S/c1-3-5-20(28)26-18-12-25-22-17(23(24)29)9-8-16(21(18)22)15-6-4-7-19(14(15)2)27-10-11-30-13-27/h3-12,25H,13H2,1-2H3,(H2,24,29)(H,26,28)/b5-3+. The number of allylic oxidation sites excluding steroid dienone is 1. The van der Waals surface area contributed by atoms with Crippen LogP contribution in [0.5, 0.6) is 0 Å². The molecule has 152 valence electrons. The van der Waals surface area contributed by atoms with E-state index in [1.165, 1.54) is 6.08 Å². The fourth-order valence-corrected chi connectivity index (χ4v) is 4.47. The predicted molar refractivity (Wildman–Crippen MR) is 125 cm³/mol. The molecule has 3 aromatic rings. The van der Waals surface area contributed by atoms with Crippen LogP contribution in [0.2, 0.25) is 0 Å². The minimum absolute atomic E-state index is 0.237. The number of H-pyrrole nitrogens is 1. The van der Waals surface area contributed by atoms with Crippen LogP contribution in [0.25, 0.3) is 22.0 Å². The fourth-order valence-electron chi connectivity index (χ4n) is 3.76. The van der Waals surface area contributed by atoms with Gasteiger partial charge >= 0.3 is 0 Å². The highest BCUT2D eigenvalue weighted by Crippen LogP contribution is 2.40. The van der Waals surface area contributed by atoms with Crippen LogP contribution in [0.4, 0.5) is 11.4 Å². The molecule has 0 spiro atoms. The Morgan fingerprint density at radius 2 is 2.07 bits per heavy atom. The molecule has 0 saturated heterocycles. The first kappa shape index (κ1) is 19.8. The summed E-state index contributed by atoms with van der Waals surface area (Å²) in [5.74, 6) is 0.109. The van der Waals surface area contributed by atoms with E-state index in [2.05, 4.69) is 45.9 Å². The Labute approximate surface area is 178 Å². The number of anilines is 2. The van der Waals surface area contributed by atoms with Gasteiger partial charge in [-0.1, -0.05) is 24.3 Å². The van der Waals surface area contributed by atoms with Gasteiger partial charge in [-0.25, -0.2) is 0 Å². The summed E-state index contributed by atoms with van der Waals surface area (Å²) in [5, 5.41) is 5.73. The van der Waals surface area contributed by atoms with E-state index in [1.54, 1.807) is 37.0 Å². The molecule has 4 N–H and O–H groups in total. The zero-order valence-electron chi connectivity index (χ0n) is 16.7. The molecule has 0 atom stereocenters. The van der Waals surface area contributed by atoms with Crippen molar-refractivity contribution in [1.82, 2.24) is 4.98 Å². The van der Waals surface area contributed by atoms with Crippen LogP contribution in [0, 0.1) is 6.92 Å². The number of hydrogen-bond acceptors (Lipinski definition) is 4. The van der Waals surface area contributed by atoms with Crippen LogP contribution in [0.1, 0.15) is 22.8 Å². The molecule has 1 aliphatic rings. The zero-order chi connectivity index (χ0) is 21.3. The van der Waals surface area contributed by atoms with E-state index < -0.39 is 5.91 Å². The van der Waals surface area contributed by atoms with Gasteiger partial charge in [0.1, 0.15) is 0 Å². The van der Waals surface area contributed by atoms with Gasteiger partial charge in [0, 0.05) is 23.5 Å². The maximum atomic E-state index is 12.2. The van der Waals surface area contributed by atoms with Gasteiger partial charge in [-0.05, 0) is 54.2 Å². The first-order valence-electron chi connectivity index (χ1n) is 9.53. The van der Waals surface area contributed by atoms with Crippen molar-refractivity contribution in [3.05, 3.63) is 71.4 Å². The smallest absolute Gasteiger partial charge is 0.250 e. The van der Waals surface area contributed by atoms with Crippen molar-refractivity contribution in [2.45, 2.75) is 13.8 Å². The third kappa shape index (κ3) is 3.48. The molecule has 30 heavy (non-hydrogen) atoms. The zero-order valence-corrected chi connectivity index (χ0v) is 17.5. The van der Waals surface area contributed by atoms with Crippen molar-refractivity contribution < 1.29 is 9.59 Å². The molecular weight excluding hydrogens is 396 g/mol. The number of hydrogen-bond donors (Lipinski definition) is 3. The molecule has 0 fully saturated rings. The molecule has 0 saturated carbocycles. The van der Waals surface area contributed by atoms with Gasteiger partial charge in [-0.3, -0.25) is 9.59 Å². The summed E-state index contributed by atoms with van der Waals surface area (Å²) in [6, 6.07) is 9.78. The van der Waals surface area contributed by atoms with Gasteiger partial charge in [0.15, 0.2) is 0 Å². The summed E-state index contributed by atoms with van der Waals surface area (Å²) in [6.07, 6.45) is 6.90. The highest BCUT2D eigenvalue weighted by atomic mass is 32.2. The average Bonchev–Trinajstić information content (AvgIpc) is 3.38. The van der Waals surface area contributed by atoms with Crippen molar-refractivity contribution in [2.75, 3.05) is 16.1 Å². The first-order valence-corrected chi connectivity index (χ1v) is 10.6. The summed E-state index contributed by atoms with van der Waals surface area (Å²) < 4.78 is 0. The predicted octanol–water partition coefficient (Wildman–Crippen LogP) is 4.74. The quantitative estimate of drug-likeness (QED) is 0.522. The molecule has 0 unspecified atom stereocenters. The molecule has 2 amide bonds. The van der Waals surface area contributed by atoms with E-state index >= 15 is 0 Å². The fraction of sp³-hybridized carbons (Fsp3) is 0.130. The normalized spacial score (nSPS) is 13.5. The molecule has 6 nitrogen and oxygen atoms in total. The highest BCUT2D eigenvalue weighted by molar-refractivity contribution is 8.02. The number of thioether (sulfide) groups is 1. The third-order valence-corrected chi connectivity index (χ3v) is 5.87. The lowest BCUT2D eigenvalue weighted by Gasteiger charge is -2.20. The first-order chi connectivity index (χ1) is 14.5. The van der Waals surface area contributed by atoms with E-state index in [9.17, 15) is 9.59 Å². The molecular formula is C23H22N4O2S. The number of primary amides is 1. The molecule has 7 heteroatoms. The summed E-state index contributed by atoms with van der Waals surface area (Å²) >= 11 is 1.75. The Bertz CT molecular complexity index is 1210. The Hall–Kier alpha value is -3.45. The molecule has 0 aliphatic carbocycles. The van der Waals surface area contributed by atoms with Gasteiger partial charge in [0.25, 0.3) is 5.91 Å². The number of benzene rings is 2. The van der Waals surface area contributed by atoms with Crippen LogP contribution in [0.3, 0.4) is 0 Å². The Morgan fingerprint density at radius 3 is 2.77 bits per heavy atom. The number of nitrogens with one attached hydrogen (secondary N) is 2. The second-order valence-electron chi connectivity index (χ2n) is 6.97. The van der Waals surface area contributed by atoms with Crippen molar-refractivity contribution in [1.29, 1.82) is 0 Å². The van der Waals surface area contributed by atoms with Crippen LogP contribution >= 0.6 is 11.8 Å². The van der Waals surface area contributed by atoms with E-state index in [1.807, 2.05) is 12.1 Å². The topological polar surface area (TPSA) is 91.2 Å². The minimum Gasteiger partial charge on any atom is -0.366 e. The van der Waals surface area contributed by atoms with Gasteiger partial charge in [0.05, 0.1) is 22.6 Å². The Kier molecular flexibility index (Phi) is 5.37. The van der Waals surface area contributed by atoms with Crippen molar-refractivity contribution >= 4 is 45.9 Å². The van der Waals surface area contributed by atoms with Crippen molar-refractivity contribution in [2.24, 2.45) is 5.73 Å². The number of aromatic amines is 1. The lowest BCUT2D eigenvalue weighted by molar-refractivity contribution is -0.111. The maximum Gasteiger partial charge on any atom is 0.250 e. The molecule has 2 aromatic carbocycles. The van der Waals surface area contributed by atoms with Gasteiger partial charge in [0.2, 0.25) is 5.91 Å². The monoisotopic (exact) mass is 418 g/mol. The van der Waals surface area contributed by atoms with Crippen molar-refractivity contribution in [3.8, 4) is 11.1 Å². The Morgan fingerprint density at radius 1 is 1.23 bits per heavy atom. The molecule has 0 bridgehead atoms. The summed E-state index contributed by atoms with van der Waals surface area (Å²) in [4.78, 5) is 29.5. The largest absolute Gasteiger partial charge is 0.366 e. The van der Waals surface area contributed by atoms with E-state index in [4.69, 9.17) is 5.73 Å². The number of nitrogens with zero attached hydrogens (tertiary/aromatic N) is 1. The summed E-state index contributed by atoms with van der Waals surface area (Å²) in [6.45, 7) is 3.87. The second-order valence-corrected chi connectivity index (χ2v) is 7.83. The van der Waals surface area contributed by atoms with E-state index in [0.717, 1.165) is 33.6 Å². The van der Waals surface area contributed by atoms with Crippen LogP contribution in [-0.2, 0) is 4.79 Å². The number of amides is 2.